The molecule has 0 aliphatic heterocycles. The molecule has 2 heterocycles. The Morgan fingerprint density at radius 1 is 1.53 bits per heavy atom. The first-order valence-corrected chi connectivity index (χ1v) is 3.93. The van der Waals surface area contributed by atoms with E-state index in [0.29, 0.717) is 0 Å². The predicted octanol–water partition coefficient (Wildman–Crippen LogP) is 0.123. The number of aromatic carboxylic acids is 1. The lowest BCUT2D eigenvalue weighted by atomic mass is 10.3. The van der Waals surface area contributed by atoms with Crippen LogP contribution in [0.3, 0.4) is 0 Å². The van der Waals surface area contributed by atoms with E-state index in [0.717, 1.165) is 0 Å². The van der Waals surface area contributed by atoms with E-state index in [1.165, 1.54) is 12.3 Å². The van der Waals surface area contributed by atoms with Gasteiger partial charge in [-0.1, -0.05) is 0 Å². The topological polar surface area (TPSA) is 109 Å². The average molecular weight is 207 g/mol. The van der Waals surface area contributed by atoms with Gasteiger partial charge in [-0.2, -0.15) is 4.98 Å². The molecule has 0 aromatic carbocycles. The Balaban J connectivity index is 2.51. The summed E-state index contributed by atoms with van der Waals surface area (Å²) in [4.78, 5) is 27.7. The summed E-state index contributed by atoms with van der Waals surface area (Å²) in [6.07, 6.45) is 1.44. The van der Waals surface area contributed by atoms with E-state index in [9.17, 15) is 9.59 Å². The largest absolute Gasteiger partial charge is 0.475 e. The van der Waals surface area contributed by atoms with Crippen LogP contribution in [0.4, 0.5) is 0 Å². The summed E-state index contributed by atoms with van der Waals surface area (Å²) < 4.78 is 4.63. The fourth-order valence-corrected chi connectivity index (χ4v) is 1.01. The lowest BCUT2D eigenvalue weighted by Gasteiger charge is -1.89. The molecule has 7 nitrogen and oxygen atoms in total. The molecule has 2 rings (SSSR count). The summed E-state index contributed by atoms with van der Waals surface area (Å²) in [5, 5.41) is 11.7. The summed E-state index contributed by atoms with van der Waals surface area (Å²) in [5.74, 6) is -1.90. The van der Waals surface area contributed by atoms with Crippen LogP contribution < -0.4 is 5.56 Å². The summed E-state index contributed by atoms with van der Waals surface area (Å²) in [6, 6.07) is 3.03. The number of aromatic amines is 1. The maximum Gasteiger partial charge on any atom is 0.377 e. The Morgan fingerprint density at radius 3 is 2.93 bits per heavy atom. The van der Waals surface area contributed by atoms with Crippen LogP contribution in [0, 0.1) is 0 Å². The van der Waals surface area contributed by atoms with Gasteiger partial charge in [-0.05, 0) is 17.3 Å². The molecule has 2 N–H and O–H groups in total. The number of aromatic nitrogens is 3. The van der Waals surface area contributed by atoms with E-state index < -0.39 is 17.4 Å². The first kappa shape index (κ1) is 9.13. The minimum atomic E-state index is -1.31. The van der Waals surface area contributed by atoms with Gasteiger partial charge in [-0.15, -0.1) is 0 Å². The number of carboxylic acid groups (broad SMARTS) is 1. The van der Waals surface area contributed by atoms with Crippen molar-refractivity contribution in [1.29, 1.82) is 0 Å². The molecule has 76 valence electrons. The van der Waals surface area contributed by atoms with E-state index in [-0.39, 0.29) is 11.5 Å². The van der Waals surface area contributed by atoms with Crippen LogP contribution in [-0.2, 0) is 0 Å². The second-order valence-corrected chi connectivity index (χ2v) is 2.64. The fraction of sp³-hybridized carbons (Fsp3) is 0. The molecule has 0 amide bonds. The smallest absolute Gasteiger partial charge is 0.377 e. The van der Waals surface area contributed by atoms with Crippen LogP contribution in [0.1, 0.15) is 10.6 Å². The summed E-state index contributed by atoms with van der Waals surface area (Å²) >= 11 is 0. The predicted molar refractivity (Wildman–Crippen MR) is 47.3 cm³/mol. The molecule has 0 fully saturated rings. The molecule has 0 unspecified atom stereocenters. The zero-order chi connectivity index (χ0) is 10.8. The van der Waals surface area contributed by atoms with Gasteiger partial charge >= 0.3 is 5.97 Å². The second-order valence-electron chi connectivity index (χ2n) is 2.64. The molecule has 0 aliphatic carbocycles. The maximum atomic E-state index is 11.3. The van der Waals surface area contributed by atoms with Gasteiger partial charge in [-0.25, -0.2) is 4.79 Å². The standard InChI is InChI=1S/C8H5N3O4/c12-6-4(2-1-3-9-6)7-10-5(8(13)14)11-15-7/h1-3H,(H,9,12)(H,13,14). The highest BCUT2D eigenvalue weighted by Gasteiger charge is 2.15. The van der Waals surface area contributed by atoms with Crippen molar-refractivity contribution in [2.75, 3.05) is 0 Å². The summed E-state index contributed by atoms with van der Waals surface area (Å²) in [7, 11) is 0. The number of hydrogen-bond acceptors (Lipinski definition) is 5. The van der Waals surface area contributed by atoms with Gasteiger partial charge in [0.25, 0.3) is 17.3 Å². The van der Waals surface area contributed by atoms with Crippen molar-refractivity contribution < 1.29 is 14.4 Å². The van der Waals surface area contributed by atoms with Crippen LogP contribution in [0.5, 0.6) is 0 Å². The number of rotatable bonds is 2. The van der Waals surface area contributed by atoms with Crippen molar-refractivity contribution in [3.8, 4) is 11.5 Å². The Hall–Kier alpha value is -2.44. The Labute approximate surface area is 82.4 Å². The third-order valence-corrected chi connectivity index (χ3v) is 1.67. The summed E-state index contributed by atoms with van der Waals surface area (Å²) in [6.45, 7) is 0. The van der Waals surface area contributed by atoms with Crippen molar-refractivity contribution in [1.82, 2.24) is 15.1 Å². The monoisotopic (exact) mass is 207 g/mol. The van der Waals surface area contributed by atoms with E-state index in [2.05, 4.69) is 19.6 Å². The van der Waals surface area contributed by atoms with Gasteiger partial charge in [0.2, 0.25) is 0 Å². The van der Waals surface area contributed by atoms with Crippen LogP contribution in [0.25, 0.3) is 11.5 Å². The number of nitrogens with zero attached hydrogens (tertiary/aromatic N) is 2. The number of carboxylic acids is 1. The average Bonchev–Trinajstić information content (AvgIpc) is 2.67. The molecule has 0 spiro atoms. The highest BCUT2D eigenvalue weighted by molar-refractivity contribution is 5.83. The minimum absolute atomic E-state index is 0.116. The van der Waals surface area contributed by atoms with Crippen molar-refractivity contribution in [2.45, 2.75) is 0 Å². The Morgan fingerprint density at radius 2 is 2.33 bits per heavy atom. The van der Waals surface area contributed by atoms with Crippen molar-refractivity contribution in [3.63, 3.8) is 0 Å². The van der Waals surface area contributed by atoms with Gasteiger partial charge in [0.15, 0.2) is 0 Å². The lowest BCUT2D eigenvalue weighted by Crippen LogP contribution is -2.07. The highest BCUT2D eigenvalue weighted by Crippen LogP contribution is 2.11. The van der Waals surface area contributed by atoms with Crippen molar-refractivity contribution in [2.24, 2.45) is 0 Å². The lowest BCUT2D eigenvalue weighted by molar-refractivity contribution is 0.0680. The quantitative estimate of drug-likeness (QED) is 0.723. The number of pyridine rings is 1. The molecule has 0 bridgehead atoms. The number of H-pyrrole nitrogens is 1. The van der Waals surface area contributed by atoms with Crippen LogP contribution in [0.2, 0.25) is 0 Å². The second kappa shape index (κ2) is 3.37. The SMILES string of the molecule is O=C(O)c1noc(-c2ccc[nH]c2=O)n1. The summed E-state index contributed by atoms with van der Waals surface area (Å²) in [5.41, 5.74) is -0.282. The van der Waals surface area contributed by atoms with Gasteiger partial charge in [0.05, 0.1) is 0 Å². The van der Waals surface area contributed by atoms with Gasteiger partial charge in [0.1, 0.15) is 5.56 Å². The molecule has 2 aromatic heterocycles. The molecular weight excluding hydrogens is 202 g/mol. The molecule has 0 radical (unpaired) electrons. The fourth-order valence-electron chi connectivity index (χ4n) is 1.01. The van der Waals surface area contributed by atoms with E-state index >= 15 is 0 Å². The number of hydrogen-bond donors (Lipinski definition) is 2. The Bertz CT molecular complexity index is 557. The molecular formula is C8H5N3O4. The van der Waals surface area contributed by atoms with E-state index in [4.69, 9.17) is 5.11 Å². The number of nitrogens with one attached hydrogen (secondary N) is 1. The first-order chi connectivity index (χ1) is 7.18. The van der Waals surface area contributed by atoms with Crippen LogP contribution in [-0.4, -0.2) is 26.2 Å². The number of carbonyl (C=O) groups is 1. The highest BCUT2D eigenvalue weighted by atomic mass is 16.5. The third kappa shape index (κ3) is 1.62. The van der Waals surface area contributed by atoms with Crippen LogP contribution in [0.15, 0.2) is 27.6 Å². The Kier molecular flexibility index (Phi) is 2.05. The molecule has 0 saturated heterocycles. The third-order valence-electron chi connectivity index (χ3n) is 1.67. The van der Waals surface area contributed by atoms with Crippen molar-refractivity contribution >= 4 is 5.97 Å². The zero-order valence-electron chi connectivity index (χ0n) is 7.30. The van der Waals surface area contributed by atoms with Gasteiger partial charge in [-0.3, -0.25) is 4.79 Å². The van der Waals surface area contributed by atoms with Gasteiger partial charge < -0.3 is 14.6 Å². The normalized spacial score (nSPS) is 10.1. The van der Waals surface area contributed by atoms with Crippen LogP contribution >= 0.6 is 0 Å². The van der Waals surface area contributed by atoms with Gasteiger partial charge in [0, 0.05) is 6.20 Å². The molecule has 7 heteroatoms. The maximum absolute atomic E-state index is 11.3. The van der Waals surface area contributed by atoms with Crippen molar-refractivity contribution in [3.05, 3.63) is 34.5 Å². The van der Waals surface area contributed by atoms with E-state index in [1.54, 1.807) is 6.07 Å². The molecule has 2 aromatic rings. The molecule has 0 aliphatic rings. The van der Waals surface area contributed by atoms with E-state index in [1.807, 2.05) is 0 Å². The molecule has 0 atom stereocenters. The molecule has 15 heavy (non-hydrogen) atoms. The first-order valence-electron chi connectivity index (χ1n) is 3.93. The minimum Gasteiger partial charge on any atom is -0.475 e. The zero-order valence-corrected chi connectivity index (χ0v) is 7.30. The molecule has 0 saturated carbocycles.